The van der Waals surface area contributed by atoms with E-state index in [4.69, 9.17) is 10.6 Å². The minimum absolute atomic E-state index is 0.370. The van der Waals surface area contributed by atoms with Crippen molar-refractivity contribution >= 4 is 0 Å². The van der Waals surface area contributed by atoms with Crippen LogP contribution in [0.3, 0.4) is 0 Å². The Hall–Kier alpha value is -0.900. The fraction of sp³-hybridized carbons (Fsp3) is 0.600. The first kappa shape index (κ1) is 13.5. The molecule has 100 valence electrons. The second-order valence-corrected chi connectivity index (χ2v) is 5.29. The summed E-state index contributed by atoms with van der Waals surface area (Å²) in [6, 6.07) is 8.92. The number of nitrogens with two attached hydrogens (primary N) is 1. The highest BCUT2D eigenvalue weighted by molar-refractivity contribution is 5.26. The van der Waals surface area contributed by atoms with Gasteiger partial charge in [-0.1, -0.05) is 24.3 Å². The molecule has 1 aromatic rings. The Morgan fingerprint density at radius 3 is 2.72 bits per heavy atom. The Kier molecular flexibility index (Phi) is 5.17. The van der Waals surface area contributed by atoms with E-state index in [2.05, 4.69) is 36.6 Å². The van der Waals surface area contributed by atoms with Crippen molar-refractivity contribution in [1.82, 2.24) is 5.43 Å². The molecular weight excluding hydrogens is 224 g/mol. The van der Waals surface area contributed by atoms with E-state index in [1.54, 1.807) is 0 Å². The molecule has 1 unspecified atom stereocenters. The topological polar surface area (TPSA) is 47.3 Å². The molecule has 3 heteroatoms. The maximum Gasteiger partial charge on any atom is 0.0468 e. The number of ether oxygens (including phenoxy) is 1. The van der Waals surface area contributed by atoms with Crippen LogP contribution in [0.5, 0.6) is 0 Å². The third kappa shape index (κ3) is 3.80. The summed E-state index contributed by atoms with van der Waals surface area (Å²) in [7, 11) is 0. The summed E-state index contributed by atoms with van der Waals surface area (Å²) in [5.74, 6) is 6.46. The van der Waals surface area contributed by atoms with Gasteiger partial charge < -0.3 is 4.74 Å². The number of benzene rings is 1. The predicted molar refractivity (Wildman–Crippen MR) is 74.2 cm³/mol. The molecule has 1 atom stereocenters. The highest BCUT2D eigenvalue weighted by Crippen LogP contribution is 2.22. The molecule has 2 rings (SSSR count). The third-order valence-electron chi connectivity index (χ3n) is 3.92. The first-order valence-corrected chi connectivity index (χ1v) is 6.88. The molecule has 0 radical (unpaired) electrons. The Bertz CT molecular complexity index is 361. The normalized spacial score (nSPS) is 18.8. The van der Waals surface area contributed by atoms with Gasteiger partial charge in [0.05, 0.1) is 0 Å². The van der Waals surface area contributed by atoms with E-state index in [9.17, 15) is 0 Å². The summed E-state index contributed by atoms with van der Waals surface area (Å²) in [6.07, 6.45) is 4.51. The molecule has 0 aromatic heterocycles. The zero-order valence-electron chi connectivity index (χ0n) is 11.2. The average Bonchev–Trinajstić information content (AvgIpc) is 2.41. The number of hydrogen-bond donors (Lipinski definition) is 2. The van der Waals surface area contributed by atoms with Crippen molar-refractivity contribution < 1.29 is 4.74 Å². The van der Waals surface area contributed by atoms with E-state index in [-0.39, 0.29) is 0 Å². The number of nitrogens with one attached hydrogen (secondary N) is 1. The van der Waals surface area contributed by atoms with E-state index in [0.29, 0.717) is 6.04 Å². The van der Waals surface area contributed by atoms with Crippen LogP contribution in [0.15, 0.2) is 24.3 Å². The van der Waals surface area contributed by atoms with E-state index < -0.39 is 0 Å². The largest absolute Gasteiger partial charge is 0.381 e. The number of hydrazine groups is 1. The van der Waals surface area contributed by atoms with Gasteiger partial charge >= 0.3 is 0 Å². The van der Waals surface area contributed by atoms with Gasteiger partial charge in [0, 0.05) is 19.3 Å². The first-order valence-electron chi connectivity index (χ1n) is 6.88. The fourth-order valence-corrected chi connectivity index (χ4v) is 2.70. The summed E-state index contributed by atoms with van der Waals surface area (Å²) in [5, 5.41) is 0. The summed E-state index contributed by atoms with van der Waals surface area (Å²) in [4.78, 5) is 0. The molecule has 0 aliphatic carbocycles. The van der Waals surface area contributed by atoms with Gasteiger partial charge in [0.1, 0.15) is 0 Å². The molecule has 0 saturated carbocycles. The molecule has 3 nitrogen and oxygen atoms in total. The van der Waals surface area contributed by atoms with E-state index >= 15 is 0 Å². The molecule has 1 aliphatic rings. The molecule has 18 heavy (non-hydrogen) atoms. The Morgan fingerprint density at radius 2 is 2.06 bits per heavy atom. The van der Waals surface area contributed by atoms with Crippen molar-refractivity contribution in [3.8, 4) is 0 Å². The van der Waals surface area contributed by atoms with Gasteiger partial charge in [-0.25, -0.2) is 0 Å². The van der Waals surface area contributed by atoms with Gasteiger partial charge in [0.25, 0.3) is 0 Å². The second-order valence-electron chi connectivity index (χ2n) is 5.29. The molecule has 0 amide bonds. The van der Waals surface area contributed by atoms with Crippen LogP contribution in [-0.4, -0.2) is 19.3 Å². The van der Waals surface area contributed by atoms with Crippen LogP contribution in [0.1, 0.15) is 30.4 Å². The smallest absolute Gasteiger partial charge is 0.0468 e. The third-order valence-corrected chi connectivity index (χ3v) is 3.92. The van der Waals surface area contributed by atoms with E-state index in [0.717, 1.165) is 32.0 Å². The number of aryl methyl sites for hydroxylation is 1. The summed E-state index contributed by atoms with van der Waals surface area (Å²) in [5.41, 5.74) is 5.73. The van der Waals surface area contributed by atoms with Crippen molar-refractivity contribution in [3.05, 3.63) is 35.4 Å². The van der Waals surface area contributed by atoms with Gasteiger partial charge in [0.15, 0.2) is 0 Å². The average molecular weight is 248 g/mol. The maximum atomic E-state index is 5.71. The minimum atomic E-state index is 0.370. The SMILES string of the molecule is Cc1ccccc1CC(CC1CCOCC1)NN. The molecule has 0 spiro atoms. The molecule has 1 heterocycles. The lowest BCUT2D eigenvalue weighted by atomic mass is 9.89. The van der Waals surface area contributed by atoms with Crippen molar-refractivity contribution in [1.29, 1.82) is 0 Å². The van der Waals surface area contributed by atoms with Crippen LogP contribution in [0.4, 0.5) is 0 Å². The van der Waals surface area contributed by atoms with Crippen LogP contribution >= 0.6 is 0 Å². The lowest BCUT2D eigenvalue weighted by molar-refractivity contribution is 0.0605. The Labute approximate surface area is 110 Å². The van der Waals surface area contributed by atoms with Crippen LogP contribution in [0, 0.1) is 12.8 Å². The van der Waals surface area contributed by atoms with Crippen molar-refractivity contribution in [3.63, 3.8) is 0 Å². The second kappa shape index (κ2) is 6.88. The van der Waals surface area contributed by atoms with Crippen LogP contribution < -0.4 is 11.3 Å². The Balaban J connectivity index is 1.90. The molecular formula is C15H24N2O. The van der Waals surface area contributed by atoms with Crippen molar-refractivity contribution in [2.24, 2.45) is 11.8 Å². The van der Waals surface area contributed by atoms with Crippen LogP contribution in [0.25, 0.3) is 0 Å². The number of hydrogen-bond acceptors (Lipinski definition) is 3. The minimum Gasteiger partial charge on any atom is -0.381 e. The van der Waals surface area contributed by atoms with Crippen molar-refractivity contribution in [2.45, 2.75) is 38.6 Å². The monoisotopic (exact) mass is 248 g/mol. The van der Waals surface area contributed by atoms with Crippen LogP contribution in [-0.2, 0) is 11.2 Å². The lowest BCUT2D eigenvalue weighted by Gasteiger charge is -2.26. The van der Waals surface area contributed by atoms with Gasteiger partial charge in [-0.3, -0.25) is 11.3 Å². The van der Waals surface area contributed by atoms with Gasteiger partial charge in [0.2, 0.25) is 0 Å². The first-order chi connectivity index (χ1) is 8.79. The molecule has 0 bridgehead atoms. The van der Waals surface area contributed by atoms with Gasteiger partial charge in [-0.05, 0) is 49.7 Å². The lowest BCUT2D eigenvalue weighted by Crippen LogP contribution is -2.39. The summed E-state index contributed by atoms with van der Waals surface area (Å²) < 4.78 is 5.40. The molecule has 1 aromatic carbocycles. The number of rotatable bonds is 5. The highest BCUT2D eigenvalue weighted by Gasteiger charge is 2.19. The van der Waals surface area contributed by atoms with E-state index in [1.165, 1.54) is 24.0 Å². The van der Waals surface area contributed by atoms with E-state index in [1.807, 2.05) is 0 Å². The summed E-state index contributed by atoms with van der Waals surface area (Å²) in [6.45, 7) is 3.98. The molecule has 1 aliphatic heterocycles. The van der Waals surface area contributed by atoms with Crippen LogP contribution in [0.2, 0.25) is 0 Å². The predicted octanol–water partition coefficient (Wildman–Crippen LogP) is 2.19. The zero-order valence-corrected chi connectivity index (χ0v) is 11.2. The highest BCUT2D eigenvalue weighted by atomic mass is 16.5. The van der Waals surface area contributed by atoms with Crippen molar-refractivity contribution in [2.75, 3.05) is 13.2 Å². The standard InChI is InChI=1S/C15H24N2O/c1-12-4-2-3-5-14(12)11-15(17-16)10-13-6-8-18-9-7-13/h2-5,13,15,17H,6-11,16H2,1H3. The quantitative estimate of drug-likeness (QED) is 0.620. The Morgan fingerprint density at radius 1 is 1.33 bits per heavy atom. The molecule has 1 saturated heterocycles. The fourth-order valence-electron chi connectivity index (χ4n) is 2.70. The molecule has 1 fully saturated rings. The zero-order chi connectivity index (χ0) is 12.8. The van der Waals surface area contributed by atoms with Gasteiger partial charge in [-0.2, -0.15) is 0 Å². The maximum absolute atomic E-state index is 5.71. The summed E-state index contributed by atoms with van der Waals surface area (Å²) >= 11 is 0. The van der Waals surface area contributed by atoms with Gasteiger partial charge in [-0.15, -0.1) is 0 Å². The molecule has 3 N–H and O–H groups in total.